The van der Waals surface area contributed by atoms with Crippen LogP contribution in [0.1, 0.15) is 27.2 Å². The normalized spacial score (nSPS) is 11.8. The Balaban J connectivity index is 1.83. The van der Waals surface area contributed by atoms with Crippen LogP contribution in [0.15, 0.2) is 53.6 Å². The number of alkyl halides is 3. The standard InChI is InChI=1S/C19H14ClF3N4O2/c1-11-16(10-24-25-18(29)12-4-2-7-15(28)8-12)17(20)27(26-11)14-6-3-5-13(9-14)19(21,22)23/h2-10,28H,1H3,(H,25,29)/b24-10+. The van der Waals surface area contributed by atoms with Crippen LogP contribution < -0.4 is 5.43 Å². The Morgan fingerprint density at radius 2 is 1.97 bits per heavy atom. The number of rotatable bonds is 4. The van der Waals surface area contributed by atoms with Crippen molar-refractivity contribution in [2.45, 2.75) is 13.1 Å². The molecule has 1 amide bonds. The van der Waals surface area contributed by atoms with E-state index in [1.807, 2.05) is 0 Å². The molecule has 0 aliphatic heterocycles. The lowest BCUT2D eigenvalue weighted by Gasteiger charge is -2.09. The summed E-state index contributed by atoms with van der Waals surface area (Å²) in [6.45, 7) is 1.61. The van der Waals surface area contributed by atoms with Gasteiger partial charge in [0, 0.05) is 5.56 Å². The number of hydrazone groups is 1. The molecule has 0 saturated carbocycles. The monoisotopic (exact) mass is 422 g/mol. The zero-order valence-corrected chi connectivity index (χ0v) is 15.7. The quantitative estimate of drug-likeness (QED) is 0.485. The van der Waals surface area contributed by atoms with Gasteiger partial charge < -0.3 is 5.11 Å². The van der Waals surface area contributed by atoms with Crippen molar-refractivity contribution in [1.82, 2.24) is 15.2 Å². The Morgan fingerprint density at radius 1 is 1.24 bits per heavy atom. The second-order valence-corrected chi connectivity index (χ2v) is 6.36. The van der Waals surface area contributed by atoms with Crippen LogP contribution in [0, 0.1) is 6.92 Å². The van der Waals surface area contributed by atoms with Gasteiger partial charge in [-0.3, -0.25) is 4.79 Å². The number of carbonyl (C=O) groups is 1. The zero-order valence-electron chi connectivity index (χ0n) is 14.9. The molecule has 0 radical (unpaired) electrons. The third-order valence-electron chi connectivity index (χ3n) is 3.93. The highest BCUT2D eigenvalue weighted by molar-refractivity contribution is 6.32. The average Bonchev–Trinajstić information content (AvgIpc) is 2.95. The number of phenols is 1. The maximum Gasteiger partial charge on any atom is 0.416 e. The van der Waals surface area contributed by atoms with Crippen LogP contribution in [0.25, 0.3) is 5.69 Å². The lowest BCUT2D eigenvalue weighted by molar-refractivity contribution is -0.137. The number of carbonyl (C=O) groups excluding carboxylic acids is 1. The van der Waals surface area contributed by atoms with Crippen LogP contribution in [0.4, 0.5) is 13.2 Å². The molecule has 10 heteroatoms. The molecule has 3 rings (SSSR count). The van der Waals surface area contributed by atoms with Crippen LogP contribution in [0.3, 0.4) is 0 Å². The first-order valence-corrected chi connectivity index (χ1v) is 8.60. The second-order valence-electron chi connectivity index (χ2n) is 6.00. The van der Waals surface area contributed by atoms with Gasteiger partial charge in [-0.15, -0.1) is 0 Å². The zero-order chi connectivity index (χ0) is 21.2. The Morgan fingerprint density at radius 3 is 2.66 bits per heavy atom. The van der Waals surface area contributed by atoms with E-state index in [-0.39, 0.29) is 22.2 Å². The summed E-state index contributed by atoms with van der Waals surface area (Å²) in [7, 11) is 0. The van der Waals surface area contributed by atoms with Crippen molar-refractivity contribution in [2.75, 3.05) is 0 Å². The van der Waals surface area contributed by atoms with Crippen LogP contribution >= 0.6 is 11.6 Å². The van der Waals surface area contributed by atoms with E-state index < -0.39 is 17.6 Å². The van der Waals surface area contributed by atoms with Crippen molar-refractivity contribution >= 4 is 23.7 Å². The predicted molar refractivity (Wildman–Crippen MR) is 101 cm³/mol. The van der Waals surface area contributed by atoms with Crippen molar-refractivity contribution in [3.05, 3.63) is 76.1 Å². The van der Waals surface area contributed by atoms with Gasteiger partial charge in [-0.2, -0.15) is 23.4 Å². The van der Waals surface area contributed by atoms with Crippen molar-refractivity contribution in [2.24, 2.45) is 5.10 Å². The Labute approximate surface area is 168 Å². The van der Waals surface area contributed by atoms with Crippen molar-refractivity contribution in [3.63, 3.8) is 0 Å². The van der Waals surface area contributed by atoms with Gasteiger partial charge in [-0.05, 0) is 43.3 Å². The largest absolute Gasteiger partial charge is 0.508 e. The third kappa shape index (κ3) is 4.57. The summed E-state index contributed by atoms with van der Waals surface area (Å²) in [6.07, 6.45) is -3.25. The molecule has 0 aliphatic carbocycles. The van der Waals surface area contributed by atoms with Gasteiger partial charge in [0.25, 0.3) is 5.91 Å². The van der Waals surface area contributed by atoms with Gasteiger partial charge in [0.15, 0.2) is 0 Å². The summed E-state index contributed by atoms with van der Waals surface area (Å²) in [5, 5.41) is 17.4. The molecular formula is C19H14ClF3N4O2. The number of nitrogens with zero attached hydrogens (tertiary/aromatic N) is 3. The number of aromatic hydroxyl groups is 1. The first-order chi connectivity index (χ1) is 13.7. The van der Waals surface area contributed by atoms with Gasteiger partial charge in [0.1, 0.15) is 10.9 Å². The van der Waals surface area contributed by atoms with Gasteiger partial charge in [-0.25, -0.2) is 10.1 Å². The second kappa shape index (κ2) is 7.96. The number of hydrogen-bond donors (Lipinski definition) is 2. The molecule has 29 heavy (non-hydrogen) atoms. The average molecular weight is 423 g/mol. The fraction of sp³-hybridized carbons (Fsp3) is 0.105. The van der Waals surface area contributed by atoms with Crippen LogP contribution in [0.5, 0.6) is 5.75 Å². The minimum absolute atomic E-state index is 0.0391. The highest BCUT2D eigenvalue weighted by Gasteiger charge is 2.30. The maximum atomic E-state index is 12.9. The number of amides is 1. The number of benzene rings is 2. The number of hydrogen-bond acceptors (Lipinski definition) is 4. The van der Waals surface area contributed by atoms with E-state index in [1.165, 1.54) is 42.6 Å². The van der Waals surface area contributed by atoms with Gasteiger partial charge >= 0.3 is 6.18 Å². The molecule has 2 N–H and O–H groups in total. The van der Waals surface area contributed by atoms with E-state index in [0.717, 1.165) is 16.8 Å². The first-order valence-electron chi connectivity index (χ1n) is 8.22. The van der Waals surface area contributed by atoms with Crippen LogP contribution in [-0.2, 0) is 6.18 Å². The lowest BCUT2D eigenvalue weighted by atomic mass is 10.2. The molecule has 3 aromatic rings. The van der Waals surface area contributed by atoms with E-state index in [2.05, 4.69) is 15.6 Å². The summed E-state index contributed by atoms with van der Waals surface area (Å²) in [6, 6.07) is 10.3. The molecule has 0 fully saturated rings. The number of nitrogens with one attached hydrogen (secondary N) is 1. The molecular weight excluding hydrogens is 409 g/mol. The number of halogens is 4. The molecule has 0 atom stereocenters. The van der Waals surface area contributed by atoms with E-state index in [4.69, 9.17) is 11.6 Å². The fourth-order valence-electron chi connectivity index (χ4n) is 2.51. The summed E-state index contributed by atoms with van der Waals surface area (Å²) in [5.41, 5.74) is 2.53. The van der Waals surface area contributed by atoms with E-state index in [9.17, 15) is 23.1 Å². The first kappa shape index (κ1) is 20.4. The Bertz CT molecular complexity index is 1090. The highest BCUT2D eigenvalue weighted by Crippen LogP contribution is 2.31. The number of aryl methyl sites for hydroxylation is 1. The Kier molecular flexibility index (Phi) is 5.60. The number of aromatic nitrogens is 2. The van der Waals surface area contributed by atoms with Crippen LogP contribution in [0.2, 0.25) is 5.15 Å². The summed E-state index contributed by atoms with van der Waals surface area (Å²) < 4.78 is 40.0. The molecule has 1 heterocycles. The van der Waals surface area contributed by atoms with Crippen molar-refractivity contribution in [1.29, 1.82) is 0 Å². The van der Waals surface area contributed by atoms with Gasteiger partial charge in [0.05, 0.1) is 28.7 Å². The topological polar surface area (TPSA) is 79.5 Å². The van der Waals surface area contributed by atoms with Gasteiger partial charge in [0.2, 0.25) is 0 Å². The summed E-state index contributed by atoms with van der Waals surface area (Å²) in [5.74, 6) is -0.626. The molecule has 0 aliphatic rings. The van der Waals surface area contributed by atoms with E-state index in [1.54, 1.807) is 6.92 Å². The molecule has 0 saturated heterocycles. The molecule has 6 nitrogen and oxygen atoms in total. The molecule has 1 aromatic heterocycles. The van der Waals surface area contributed by atoms with Gasteiger partial charge in [-0.1, -0.05) is 23.7 Å². The van der Waals surface area contributed by atoms with E-state index in [0.29, 0.717) is 11.3 Å². The predicted octanol–water partition coefficient (Wildman–Crippen LogP) is 4.32. The van der Waals surface area contributed by atoms with Crippen molar-refractivity contribution < 1.29 is 23.1 Å². The minimum Gasteiger partial charge on any atom is -0.508 e. The van der Waals surface area contributed by atoms with Crippen LogP contribution in [-0.4, -0.2) is 27.0 Å². The summed E-state index contributed by atoms with van der Waals surface area (Å²) >= 11 is 6.27. The lowest BCUT2D eigenvalue weighted by Crippen LogP contribution is -2.17. The smallest absolute Gasteiger partial charge is 0.416 e. The molecule has 0 spiro atoms. The SMILES string of the molecule is Cc1nn(-c2cccc(C(F)(F)F)c2)c(Cl)c1/C=N/NC(=O)c1cccc(O)c1. The maximum absolute atomic E-state index is 12.9. The fourth-order valence-corrected chi connectivity index (χ4v) is 2.83. The highest BCUT2D eigenvalue weighted by atomic mass is 35.5. The third-order valence-corrected chi connectivity index (χ3v) is 4.30. The molecule has 0 unspecified atom stereocenters. The molecule has 150 valence electrons. The summed E-state index contributed by atoms with van der Waals surface area (Å²) in [4.78, 5) is 12.0. The Hall–Kier alpha value is -3.33. The van der Waals surface area contributed by atoms with E-state index >= 15 is 0 Å². The van der Waals surface area contributed by atoms with Crippen molar-refractivity contribution in [3.8, 4) is 11.4 Å². The molecule has 0 bridgehead atoms. The minimum atomic E-state index is -4.49. The molecule has 2 aromatic carbocycles. The number of phenolic OH excluding ortho intramolecular Hbond substituents is 1.